The molecule has 1 aliphatic heterocycles. The molecule has 1 saturated heterocycles. The van der Waals surface area contributed by atoms with Crippen LogP contribution in [0.25, 0.3) is 0 Å². The molecule has 0 spiro atoms. The van der Waals surface area contributed by atoms with E-state index in [9.17, 15) is 18.0 Å². The van der Waals surface area contributed by atoms with E-state index in [-0.39, 0.29) is 49.1 Å². The summed E-state index contributed by atoms with van der Waals surface area (Å²) < 4.78 is 31.9. The molecule has 0 saturated carbocycles. The van der Waals surface area contributed by atoms with Crippen LogP contribution in [0.4, 0.5) is 4.79 Å². The van der Waals surface area contributed by atoms with Crippen molar-refractivity contribution < 1.29 is 22.7 Å². The minimum atomic E-state index is -3.68. The minimum Gasteiger partial charge on any atom is -0.450 e. The minimum absolute atomic E-state index is 0.124. The van der Waals surface area contributed by atoms with E-state index >= 15 is 0 Å². The van der Waals surface area contributed by atoms with Gasteiger partial charge in [-0.25, -0.2) is 13.2 Å². The standard InChI is InChI=1S/C18H27N3O5S/c1-5-26-17(23)20-10-12-21(13-11-20)27(24,25)15-8-6-14(7-9-15)16(22)19-18(2,3)4/h6-9H,5,10-13H2,1-4H3,(H,19,22). The Balaban J connectivity index is 2.05. The summed E-state index contributed by atoms with van der Waals surface area (Å²) in [5.41, 5.74) is 0.0245. The molecule has 1 N–H and O–H groups in total. The highest BCUT2D eigenvalue weighted by molar-refractivity contribution is 7.89. The topological polar surface area (TPSA) is 96.0 Å². The Kier molecular flexibility index (Phi) is 6.48. The second kappa shape index (κ2) is 8.26. The van der Waals surface area contributed by atoms with E-state index in [1.807, 2.05) is 20.8 Å². The number of benzene rings is 1. The number of amides is 2. The van der Waals surface area contributed by atoms with Crippen LogP contribution < -0.4 is 5.32 Å². The summed E-state index contributed by atoms with van der Waals surface area (Å²) in [5.74, 6) is -0.255. The molecule has 1 fully saturated rings. The van der Waals surface area contributed by atoms with Gasteiger partial charge in [-0.2, -0.15) is 4.31 Å². The molecule has 0 radical (unpaired) electrons. The van der Waals surface area contributed by atoms with Gasteiger partial charge in [-0.05, 0) is 52.0 Å². The number of sulfonamides is 1. The van der Waals surface area contributed by atoms with Crippen LogP contribution in [-0.4, -0.2) is 67.9 Å². The number of rotatable bonds is 4. The number of piperazine rings is 1. The zero-order valence-corrected chi connectivity index (χ0v) is 17.0. The van der Waals surface area contributed by atoms with E-state index in [1.165, 1.54) is 33.5 Å². The molecule has 0 atom stereocenters. The zero-order chi connectivity index (χ0) is 20.2. The molecule has 0 bridgehead atoms. The van der Waals surface area contributed by atoms with Crippen molar-refractivity contribution in [2.24, 2.45) is 0 Å². The molecule has 2 amide bonds. The van der Waals surface area contributed by atoms with Crippen molar-refractivity contribution in [3.05, 3.63) is 29.8 Å². The highest BCUT2D eigenvalue weighted by Crippen LogP contribution is 2.19. The molecule has 1 heterocycles. The first-order chi connectivity index (χ1) is 12.5. The van der Waals surface area contributed by atoms with E-state index in [4.69, 9.17) is 4.74 Å². The first-order valence-corrected chi connectivity index (χ1v) is 10.3. The lowest BCUT2D eigenvalue weighted by Crippen LogP contribution is -2.50. The third-order valence-corrected chi connectivity index (χ3v) is 5.92. The lowest BCUT2D eigenvalue weighted by molar-refractivity contribution is 0.0917. The van der Waals surface area contributed by atoms with Crippen LogP contribution in [0.2, 0.25) is 0 Å². The molecule has 9 heteroatoms. The normalized spacial score (nSPS) is 16.1. The Hall–Kier alpha value is -2.13. The predicted molar refractivity (Wildman–Crippen MR) is 101 cm³/mol. The maximum absolute atomic E-state index is 12.8. The maximum atomic E-state index is 12.8. The molecule has 27 heavy (non-hydrogen) atoms. The Morgan fingerprint density at radius 3 is 2.11 bits per heavy atom. The number of nitrogens with zero attached hydrogens (tertiary/aromatic N) is 2. The molecule has 8 nitrogen and oxygen atoms in total. The number of hydrogen-bond acceptors (Lipinski definition) is 5. The second-order valence-electron chi connectivity index (χ2n) is 7.32. The zero-order valence-electron chi connectivity index (χ0n) is 16.2. The summed E-state index contributed by atoms with van der Waals surface area (Å²) in [6, 6.07) is 5.88. The van der Waals surface area contributed by atoms with Gasteiger partial charge >= 0.3 is 6.09 Å². The average molecular weight is 397 g/mol. The number of carbonyl (C=O) groups is 2. The van der Waals surface area contributed by atoms with Crippen molar-refractivity contribution in [3.63, 3.8) is 0 Å². The summed E-state index contributed by atoms with van der Waals surface area (Å²) in [6.07, 6.45) is -0.427. The van der Waals surface area contributed by atoms with Crippen molar-refractivity contribution in [2.75, 3.05) is 32.8 Å². The van der Waals surface area contributed by atoms with Gasteiger partial charge in [0.1, 0.15) is 0 Å². The molecular formula is C18H27N3O5S. The quantitative estimate of drug-likeness (QED) is 0.834. The van der Waals surface area contributed by atoms with Crippen molar-refractivity contribution in [3.8, 4) is 0 Å². The van der Waals surface area contributed by atoms with Crippen LogP contribution in [0.1, 0.15) is 38.1 Å². The fraction of sp³-hybridized carbons (Fsp3) is 0.556. The van der Waals surface area contributed by atoms with E-state index in [0.29, 0.717) is 5.56 Å². The second-order valence-corrected chi connectivity index (χ2v) is 9.26. The van der Waals surface area contributed by atoms with Crippen LogP contribution in [0, 0.1) is 0 Å². The van der Waals surface area contributed by atoms with Gasteiger partial charge in [0, 0.05) is 37.3 Å². The van der Waals surface area contributed by atoms with Gasteiger partial charge in [-0.3, -0.25) is 4.79 Å². The van der Waals surface area contributed by atoms with Crippen LogP contribution in [-0.2, 0) is 14.8 Å². The summed E-state index contributed by atoms with van der Waals surface area (Å²) in [6.45, 7) is 8.60. The number of carbonyl (C=O) groups excluding carboxylic acids is 2. The van der Waals surface area contributed by atoms with E-state index in [1.54, 1.807) is 6.92 Å². The van der Waals surface area contributed by atoms with Crippen LogP contribution in [0.15, 0.2) is 29.2 Å². The van der Waals surface area contributed by atoms with Crippen LogP contribution in [0.3, 0.4) is 0 Å². The van der Waals surface area contributed by atoms with Gasteiger partial charge < -0.3 is 15.0 Å². The van der Waals surface area contributed by atoms with Gasteiger partial charge in [0.15, 0.2) is 0 Å². The summed E-state index contributed by atoms with van der Waals surface area (Å²) in [5, 5.41) is 2.83. The first kappa shape index (κ1) is 21.2. The molecule has 1 aromatic carbocycles. The summed E-state index contributed by atoms with van der Waals surface area (Å²) in [7, 11) is -3.68. The third-order valence-electron chi connectivity index (χ3n) is 4.01. The molecule has 0 aromatic heterocycles. The average Bonchev–Trinajstić information content (AvgIpc) is 2.60. The van der Waals surface area contributed by atoms with Crippen LogP contribution in [0.5, 0.6) is 0 Å². The number of nitrogens with one attached hydrogen (secondary N) is 1. The van der Waals surface area contributed by atoms with Gasteiger partial charge in [-0.15, -0.1) is 0 Å². The van der Waals surface area contributed by atoms with E-state index in [0.717, 1.165) is 0 Å². The van der Waals surface area contributed by atoms with E-state index in [2.05, 4.69) is 5.32 Å². The van der Waals surface area contributed by atoms with Crippen molar-refractivity contribution in [1.82, 2.24) is 14.5 Å². The monoisotopic (exact) mass is 397 g/mol. The van der Waals surface area contributed by atoms with Gasteiger partial charge in [0.2, 0.25) is 10.0 Å². The molecule has 2 rings (SSSR count). The first-order valence-electron chi connectivity index (χ1n) is 8.89. The van der Waals surface area contributed by atoms with Gasteiger partial charge in [-0.1, -0.05) is 0 Å². The van der Waals surface area contributed by atoms with Crippen LogP contribution >= 0.6 is 0 Å². The number of ether oxygens (including phenoxy) is 1. The molecule has 1 aromatic rings. The Morgan fingerprint density at radius 1 is 1.07 bits per heavy atom. The van der Waals surface area contributed by atoms with E-state index < -0.39 is 16.1 Å². The summed E-state index contributed by atoms with van der Waals surface area (Å²) >= 11 is 0. The Bertz CT molecular complexity index is 776. The highest BCUT2D eigenvalue weighted by atomic mass is 32.2. The van der Waals surface area contributed by atoms with Gasteiger partial charge in [0.25, 0.3) is 5.91 Å². The maximum Gasteiger partial charge on any atom is 0.409 e. The Morgan fingerprint density at radius 2 is 1.63 bits per heavy atom. The smallest absolute Gasteiger partial charge is 0.409 e. The fourth-order valence-electron chi connectivity index (χ4n) is 2.67. The predicted octanol–water partition coefficient (Wildman–Crippen LogP) is 1.68. The number of hydrogen-bond donors (Lipinski definition) is 1. The van der Waals surface area contributed by atoms with Crippen molar-refractivity contribution in [2.45, 2.75) is 38.1 Å². The highest BCUT2D eigenvalue weighted by Gasteiger charge is 2.30. The van der Waals surface area contributed by atoms with Crippen molar-refractivity contribution in [1.29, 1.82) is 0 Å². The molecular weight excluding hydrogens is 370 g/mol. The molecule has 1 aliphatic rings. The lowest BCUT2D eigenvalue weighted by Gasteiger charge is -2.33. The molecule has 0 unspecified atom stereocenters. The fourth-order valence-corrected chi connectivity index (χ4v) is 4.09. The lowest BCUT2D eigenvalue weighted by atomic mass is 10.1. The summed E-state index contributed by atoms with van der Waals surface area (Å²) in [4.78, 5) is 25.5. The molecule has 0 aliphatic carbocycles. The largest absolute Gasteiger partial charge is 0.450 e. The molecule has 150 valence electrons. The van der Waals surface area contributed by atoms with Gasteiger partial charge in [0.05, 0.1) is 11.5 Å². The Labute approximate surface area is 160 Å². The SMILES string of the molecule is CCOC(=O)N1CCN(S(=O)(=O)c2ccc(C(=O)NC(C)(C)C)cc2)CC1. The third kappa shape index (κ3) is 5.43. The van der Waals surface area contributed by atoms with Crippen molar-refractivity contribution >= 4 is 22.0 Å².